The maximum atomic E-state index is 12.5. The second-order valence-corrected chi connectivity index (χ2v) is 5.17. The standard InChI is InChI=1S/C14H8Cl3NO4/c15-5-9(19)18(10(20)6-16)12-11(17)13(21)7-3-1-2-4-8(7)14(12)22/h1-4H,5-6H2. The predicted octanol–water partition coefficient (Wildman–Crippen LogP) is 2.35. The maximum Gasteiger partial charge on any atom is 0.248 e. The van der Waals surface area contributed by atoms with Crippen molar-refractivity contribution in [3.63, 3.8) is 0 Å². The molecule has 2 amide bonds. The number of ketones is 2. The highest BCUT2D eigenvalue weighted by atomic mass is 35.5. The molecule has 0 N–H and O–H groups in total. The van der Waals surface area contributed by atoms with Gasteiger partial charge < -0.3 is 0 Å². The Labute approximate surface area is 140 Å². The van der Waals surface area contributed by atoms with E-state index in [1.165, 1.54) is 12.1 Å². The summed E-state index contributed by atoms with van der Waals surface area (Å²) in [5, 5.41) is -0.513. The smallest absolute Gasteiger partial charge is 0.248 e. The highest BCUT2D eigenvalue weighted by molar-refractivity contribution is 6.50. The van der Waals surface area contributed by atoms with Crippen molar-refractivity contribution in [2.45, 2.75) is 0 Å². The van der Waals surface area contributed by atoms with E-state index < -0.39 is 45.9 Å². The number of alkyl halides is 2. The molecule has 0 saturated heterocycles. The van der Waals surface area contributed by atoms with Crippen LogP contribution in [0.2, 0.25) is 0 Å². The number of hydrogen-bond donors (Lipinski definition) is 0. The molecule has 1 aromatic carbocycles. The molecule has 0 aliphatic heterocycles. The zero-order chi connectivity index (χ0) is 16.4. The van der Waals surface area contributed by atoms with Gasteiger partial charge in [-0.2, -0.15) is 0 Å². The van der Waals surface area contributed by atoms with E-state index in [1.807, 2.05) is 0 Å². The third-order valence-corrected chi connectivity index (χ3v) is 3.80. The quantitative estimate of drug-likeness (QED) is 0.776. The molecule has 5 nitrogen and oxygen atoms in total. The van der Waals surface area contributed by atoms with Gasteiger partial charge >= 0.3 is 0 Å². The van der Waals surface area contributed by atoms with Crippen LogP contribution >= 0.6 is 34.8 Å². The number of allylic oxidation sites excluding steroid dienone is 2. The average molecular weight is 361 g/mol. The largest absolute Gasteiger partial charge is 0.287 e. The molecule has 2 rings (SSSR count). The Morgan fingerprint density at radius 3 is 1.82 bits per heavy atom. The Morgan fingerprint density at radius 2 is 1.36 bits per heavy atom. The molecule has 0 unspecified atom stereocenters. The fraction of sp³-hybridized carbons (Fsp3) is 0.143. The number of nitrogens with zero attached hydrogens (tertiary/aromatic N) is 1. The van der Waals surface area contributed by atoms with Crippen molar-refractivity contribution in [2.75, 3.05) is 11.8 Å². The summed E-state index contributed by atoms with van der Waals surface area (Å²) in [6.45, 7) is 0. The summed E-state index contributed by atoms with van der Waals surface area (Å²) in [6.07, 6.45) is 0. The van der Waals surface area contributed by atoms with Crippen LogP contribution in [0.25, 0.3) is 0 Å². The van der Waals surface area contributed by atoms with Gasteiger partial charge in [0.15, 0.2) is 0 Å². The molecule has 0 heterocycles. The zero-order valence-electron chi connectivity index (χ0n) is 10.9. The number of carbonyl (C=O) groups is 4. The summed E-state index contributed by atoms with van der Waals surface area (Å²) < 4.78 is 0. The van der Waals surface area contributed by atoms with Gasteiger partial charge in [0.1, 0.15) is 22.5 Å². The zero-order valence-corrected chi connectivity index (χ0v) is 13.2. The lowest BCUT2D eigenvalue weighted by Crippen LogP contribution is -2.42. The molecule has 0 bridgehead atoms. The minimum Gasteiger partial charge on any atom is -0.287 e. The van der Waals surface area contributed by atoms with Crippen LogP contribution in [0, 0.1) is 0 Å². The van der Waals surface area contributed by atoms with Crippen LogP contribution in [-0.2, 0) is 9.59 Å². The van der Waals surface area contributed by atoms with Gasteiger partial charge in [0.05, 0.1) is 0 Å². The normalized spacial score (nSPS) is 14.0. The van der Waals surface area contributed by atoms with E-state index in [4.69, 9.17) is 34.8 Å². The Balaban J connectivity index is 2.65. The summed E-state index contributed by atoms with van der Waals surface area (Å²) in [7, 11) is 0. The predicted molar refractivity (Wildman–Crippen MR) is 81.3 cm³/mol. The van der Waals surface area contributed by atoms with Gasteiger partial charge in [-0.1, -0.05) is 35.9 Å². The number of imide groups is 1. The summed E-state index contributed by atoms with van der Waals surface area (Å²) in [5.74, 6) is -4.28. The van der Waals surface area contributed by atoms with E-state index in [9.17, 15) is 19.2 Å². The van der Waals surface area contributed by atoms with Crippen LogP contribution in [0.15, 0.2) is 35.0 Å². The van der Waals surface area contributed by atoms with Gasteiger partial charge in [0.25, 0.3) is 0 Å². The van der Waals surface area contributed by atoms with Crippen LogP contribution in [0.4, 0.5) is 0 Å². The van der Waals surface area contributed by atoms with E-state index in [2.05, 4.69) is 0 Å². The molecular weight excluding hydrogens is 353 g/mol. The van der Waals surface area contributed by atoms with E-state index in [1.54, 1.807) is 12.1 Å². The SMILES string of the molecule is O=C1C(Cl)=C(N(C(=O)CCl)C(=O)CCl)C(=O)c2ccccc21. The first-order chi connectivity index (χ1) is 10.4. The fourth-order valence-electron chi connectivity index (χ4n) is 2.04. The number of fused-ring (bicyclic) bond motifs is 1. The van der Waals surface area contributed by atoms with Gasteiger partial charge in [0.2, 0.25) is 23.4 Å². The molecule has 0 saturated carbocycles. The summed E-state index contributed by atoms with van der Waals surface area (Å²) in [4.78, 5) is 49.0. The Kier molecular flexibility index (Phi) is 5.01. The topological polar surface area (TPSA) is 71.5 Å². The summed E-state index contributed by atoms with van der Waals surface area (Å²) in [5.41, 5.74) is -0.346. The molecule has 0 spiro atoms. The molecule has 1 aromatic rings. The van der Waals surface area contributed by atoms with Crippen molar-refractivity contribution in [1.82, 2.24) is 4.90 Å². The van der Waals surface area contributed by atoms with Gasteiger partial charge in [-0.3, -0.25) is 19.2 Å². The lowest BCUT2D eigenvalue weighted by Gasteiger charge is -2.25. The molecule has 114 valence electrons. The molecule has 1 aliphatic rings. The first-order valence-electron chi connectivity index (χ1n) is 6.00. The van der Waals surface area contributed by atoms with Crippen LogP contribution in [0.1, 0.15) is 20.7 Å². The monoisotopic (exact) mass is 359 g/mol. The second-order valence-electron chi connectivity index (χ2n) is 4.26. The van der Waals surface area contributed by atoms with Gasteiger partial charge in [0, 0.05) is 11.1 Å². The van der Waals surface area contributed by atoms with Crippen molar-refractivity contribution in [1.29, 1.82) is 0 Å². The number of amides is 2. The van der Waals surface area contributed by atoms with E-state index in [-0.39, 0.29) is 11.1 Å². The van der Waals surface area contributed by atoms with Crippen LogP contribution < -0.4 is 0 Å². The molecule has 22 heavy (non-hydrogen) atoms. The molecule has 0 radical (unpaired) electrons. The minimum absolute atomic E-state index is 0.0571. The van der Waals surface area contributed by atoms with E-state index in [0.29, 0.717) is 4.90 Å². The van der Waals surface area contributed by atoms with Crippen LogP contribution in [-0.4, -0.2) is 40.0 Å². The lowest BCUT2D eigenvalue weighted by molar-refractivity contribution is -0.139. The van der Waals surface area contributed by atoms with Crippen molar-refractivity contribution in [2.24, 2.45) is 0 Å². The third-order valence-electron chi connectivity index (χ3n) is 2.99. The van der Waals surface area contributed by atoms with Crippen molar-refractivity contribution >= 4 is 58.2 Å². The fourth-order valence-corrected chi connectivity index (χ4v) is 2.55. The van der Waals surface area contributed by atoms with Gasteiger partial charge in [-0.15, -0.1) is 23.2 Å². The second kappa shape index (κ2) is 6.60. The molecule has 0 aromatic heterocycles. The Morgan fingerprint density at radius 1 is 0.909 bits per heavy atom. The number of Topliss-reactive ketones (excluding diaryl/α,β-unsaturated/α-hetero) is 2. The average Bonchev–Trinajstić information content (AvgIpc) is 2.55. The first-order valence-corrected chi connectivity index (χ1v) is 7.44. The van der Waals surface area contributed by atoms with Crippen molar-refractivity contribution < 1.29 is 19.2 Å². The Bertz CT molecular complexity index is 711. The summed E-state index contributed by atoms with van der Waals surface area (Å²) >= 11 is 16.8. The minimum atomic E-state index is -0.888. The number of benzene rings is 1. The first kappa shape index (κ1) is 16.7. The highest BCUT2D eigenvalue weighted by Crippen LogP contribution is 2.30. The highest BCUT2D eigenvalue weighted by Gasteiger charge is 2.38. The molecule has 8 heteroatoms. The lowest BCUT2D eigenvalue weighted by atomic mass is 9.92. The summed E-state index contributed by atoms with van der Waals surface area (Å²) in [6, 6.07) is 5.97. The maximum absolute atomic E-state index is 12.5. The van der Waals surface area contributed by atoms with Gasteiger partial charge in [-0.25, -0.2) is 4.90 Å². The van der Waals surface area contributed by atoms with E-state index in [0.717, 1.165) is 0 Å². The molecule has 1 aliphatic carbocycles. The molecular formula is C14H8Cl3NO4. The number of halogens is 3. The van der Waals surface area contributed by atoms with E-state index >= 15 is 0 Å². The Hall–Kier alpha value is -1.69. The third kappa shape index (κ3) is 2.67. The number of rotatable bonds is 3. The van der Waals surface area contributed by atoms with Gasteiger partial charge in [-0.05, 0) is 0 Å². The van der Waals surface area contributed by atoms with Crippen LogP contribution in [0.3, 0.4) is 0 Å². The number of carbonyl (C=O) groups excluding carboxylic acids is 4. The molecule has 0 atom stereocenters. The molecule has 0 fully saturated rings. The van der Waals surface area contributed by atoms with Crippen molar-refractivity contribution in [3.05, 3.63) is 46.1 Å². The van der Waals surface area contributed by atoms with Crippen LogP contribution in [0.5, 0.6) is 0 Å². The van der Waals surface area contributed by atoms with Crippen molar-refractivity contribution in [3.8, 4) is 0 Å². The number of hydrogen-bond acceptors (Lipinski definition) is 4.